The summed E-state index contributed by atoms with van der Waals surface area (Å²) in [5.74, 6) is -0.221. The van der Waals surface area contributed by atoms with Crippen molar-refractivity contribution in [1.82, 2.24) is 9.88 Å². The van der Waals surface area contributed by atoms with Crippen LogP contribution in [0.25, 0.3) is 0 Å². The van der Waals surface area contributed by atoms with Crippen molar-refractivity contribution in [3.8, 4) is 5.75 Å². The molecular formula is C10H13N3O3S. The molecule has 1 rings (SSSR count). The molecule has 3 N–H and O–H groups in total. The van der Waals surface area contributed by atoms with Crippen LogP contribution < -0.4 is 21.3 Å². The zero-order valence-electron chi connectivity index (χ0n) is 9.30. The SMILES string of the molecule is CNC(=O)COc1cccn(CC(N)=S)c1=O. The van der Waals surface area contributed by atoms with Crippen LogP contribution >= 0.6 is 12.2 Å². The lowest BCUT2D eigenvalue weighted by Crippen LogP contribution is -2.30. The Labute approximate surface area is 103 Å². The Morgan fingerprint density at radius 2 is 2.35 bits per heavy atom. The van der Waals surface area contributed by atoms with Gasteiger partial charge in [0, 0.05) is 13.2 Å². The number of thiocarbonyl (C=S) groups is 1. The number of nitrogens with zero attached hydrogens (tertiary/aromatic N) is 1. The van der Waals surface area contributed by atoms with E-state index in [1.807, 2.05) is 0 Å². The van der Waals surface area contributed by atoms with E-state index < -0.39 is 0 Å². The Morgan fingerprint density at radius 3 is 2.94 bits per heavy atom. The van der Waals surface area contributed by atoms with E-state index in [-0.39, 0.29) is 35.4 Å². The Kier molecular flexibility index (Phi) is 4.65. The van der Waals surface area contributed by atoms with Gasteiger partial charge in [-0.05, 0) is 12.1 Å². The molecule has 0 aliphatic carbocycles. The van der Waals surface area contributed by atoms with Crippen LogP contribution in [0.5, 0.6) is 5.75 Å². The number of amides is 1. The van der Waals surface area contributed by atoms with Crippen molar-refractivity contribution >= 4 is 23.1 Å². The summed E-state index contributed by atoms with van der Waals surface area (Å²) in [4.78, 5) is 23.0. The molecule has 0 radical (unpaired) electrons. The molecule has 17 heavy (non-hydrogen) atoms. The Hall–Kier alpha value is -1.89. The van der Waals surface area contributed by atoms with Crippen LogP contribution in [0, 0.1) is 0 Å². The van der Waals surface area contributed by atoms with Crippen LogP contribution in [0.3, 0.4) is 0 Å². The molecule has 0 fully saturated rings. The number of likely N-dealkylation sites (N-methyl/N-ethyl adjacent to an activating group) is 1. The summed E-state index contributed by atoms with van der Waals surface area (Å²) in [5.41, 5.74) is 4.98. The molecule has 0 atom stereocenters. The fourth-order valence-electron chi connectivity index (χ4n) is 1.13. The minimum absolute atomic E-state index is 0.0901. The smallest absolute Gasteiger partial charge is 0.293 e. The Morgan fingerprint density at radius 1 is 1.65 bits per heavy atom. The first-order valence-corrected chi connectivity index (χ1v) is 5.26. The van der Waals surface area contributed by atoms with Crippen molar-refractivity contribution in [3.63, 3.8) is 0 Å². The van der Waals surface area contributed by atoms with Gasteiger partial charge in [-0.1, -0.05) is 12.2 Å². The average Bonchev–Trinajstić information content (AvgIpc) is 2.29. The molecular weight excluding hydrogens is 242 g/mol. The van der Waals surface area contributed by atoms with Gasteiger partial charge in [0.2, 0.25) is 0 Å². The van der Waals surface area contributed by atoms with Gasteiger partial charge in [-0.25, -0.2) is 0 Å². The van der Waals surface area contributed by atoms with Crippen LogP contribution in [0.4, 0.5) is 0 Å². The first-order chi connectivity index (χ1) is 8.04. The van der Waals surface area contributed by atoms with E-state index in [9.17, 15) is 9.59 Å². The van der Waals surface area contributed by atoms with Gasteiger partial charge in [0.25, 0.3) is 11.5 Å². The number of pyridine rings is 1. The highest BCUT2D eigenvalue weighted by atomic mass is 32.1. The maximum Gasteiger partial charge on any atom is 0.293 e. The third-order valence-corrected chi connectivity index (χ3v) is 2.08. The van der Waals surface area contributed by atoms with Crippen molar-refractivity contribution in [2.75, 3.05) is 13.7 Å². The number of nitrogens with one attached hydrogen (secondary N) is 1. The second kappa shape index (κ2) is 6.00. The monoisotopic (exact) mass is 255 g/mol. The summed E-state index contributed by atoms with van der Waals surface area (Å²) < 4.78 is 6.40. The zero-order valence-corrected chi connectivity index (χ0v) is 10.1. The summed E-state index contributed by atoms with van der Waals surface area (Å²) in [6, 6.07) is 3.11. The summed E-state index contributed by atoms with van der Waals surface area (Å²) in [5, 5.41) is 2.39. The second-order valence-electron chi connectivity index (χ2n) is 3.23. The van der Waals surface area contributed by atoms with Crippen LogP contribution in [0.1, 0.15) is 0 Å². The van der Waals surface area contributed by atoms with Gasteiger partial charge in [-0.15, -0.1) is 0 Å². The molecule has 6 nitrogen and oxygen atoms in total. The number of hydrogen-bond acceptors (Lipinski definition) is 4. The number of ether oxygens (including phenoxy) is 1. The van der Waals surface area contributed by atoms with E-state index in [0.29, 0.717) is 0 Å². The van der Waals surface area contributed by atoms with Crippen molar-refractivity contribution in [2.45, 2.75) is 6.54 Å². The molecule has 0 saturated heterocycles. The lowest BCUT2D eigenvalue weighted by Gasteiger charge is -2.08. The summed E-state index contributed by atoms with van der Waals surface area (Å²) in [7, 11) is 1.49. The van der Waals surface area contributed by atoms with E-state index in [1.165, 1.54) is 17.7 Å². The fourth-order valence-corrected chi connectivity index (χ4v) is 1.27. The van der Waals surface area contributed by atoms with Gasteiger partial charge in [-0.2, -0.15) is 0 Å². The molecule has 92 valence electrons. The quantitative estimate of drug-likeness (QED) is 0.677. The zero-order chi connectivity index (χ0) is 12.8. The molecule has 0 aliphatic heterocycles. The molecule has 1 aromatic heterocycles. The normalized spacial score (nSPS) is 9.71. The number of aromatic nitrogens is 1. The Bertz CT molecular complexity index is 484. The van der Waals surface area contributed by atoms with Crippen molar-refractivity contribution in [3.05, 3.63) is 28.7 Å². The van der Waals surface area contributed by atoms with E-state index in [2.05, 4.69) is 5.32 Å². The maximum absolute atomic E-state index is 11.8. The van der Waals surface area contributed by atoms with Crippen molar-refractivity contribution in [1.29, 1.82) is 0 Å². The molecule has 1 heterocycles. The first kappa shape index (κ1) is 13.2. The summed E-state index contributed by atoms with van der Waals surface area (Å²) >= 11 is 4.72. The fraction of sp³-hybridized carbons (Fsp3) is 0.300. The molecule has 1 aromatic rings. The second-order valence-corrected chi connectivity index (χ2v) is 3.76. The van der Waals surface area contributed by atoms with Gasteiger partial charge >= 0.3 is 0 Å². The number of carbonyl (C=O) groups is 1. The third kappa shape index (κ3) is 3.87. The molecule has 0 unspecified atom stereocenters. The van der Waals surface area contributed by atoms with Gasteiger partial charge in [0.05, 0.1) is 11.5 Å². The molecule has 0 spiro atoms. The van der Waals surface area contributed by atoms with Crippen LogP contribution in [-0.2, 0) is 11.3 Å². The summed E-state index contributed by atoms with van der Waals surface area (Å²) in [6.07, 6.45) is 1.55. The standard InChI is InChI=1S/C10H13N3O3S/c1-12-9(14)6-16-7-3-2-4-13(10(7)15)5-8(11)17/h2-4H,5-6H2,1H3,(H2,11,17)(H,12,14). The topological polar surface area (TPSA) is 86.3 Å². The number of hydrogen-bond donors (Lipinski definition) is 2. The lowest BCUT2D eigenvalue weighted by molar-refractivity contribution is -0.122. The predicted molar refractivity (Wildman–Crippen MR) is 67.0 cm³/mol. The molecule has 0 saturated carbocycles. The largest absolute Gasteiger partial charge is 0.478 e. The van der Waals surface area contributed by atoms with Crippen molar-refractivity contribution in [2.24, 2.45) is 5.73 Å². The lowest BCUT2D eigenvalue weighted by atomic mass is 10.4. The van der Waals surface area contributed by atoms with Gasteiger partial charge in [0.15, 0.2) is 12.4 Å². The molecule has 1 amide bonds. The molecule has 0 aromatic carbocycles. The van der Waals surface area contributed by atoms with Crippen LogP contribution in [-0.4, -0.2) is 29.1 Å². The Balaban J connectivity index is 2.83. The van der Waals surface area contributed by atoms with E-state index in [0.717, 1.165) is 0 Å². The highest BCUT2D eigenvalue weighted by Crippen LogP contribution is 2.01. The average molecular weight is 255 g/mol. The summed E-state index contributed by atoms with van der Waals surface area (Å²) in [6.45, 7) is -0.0613. The van der Waals surface area contributed by atoms with E-state index in [4.69, 9.17) is 22.7 Å². The maximum atomic E-state index is 11.8. The highest BCUT2D eigenvalue weighted by Gasteiger charge is 2.06. The number of nitrogens with two attached hydrogens (primary N) is 1. The molecule has 0 bridgehead atoms. The number of carbonyl (C=O) groups excluding carboxylic acids is 1. The third-order valence-electron chi connectivity index (χ3n) is 1.95. The highest BCUT2D eigenvalue weighted by molar-refractivity contribution is 7.80. The van der Waals surface area contributed by atoms with Gasteiger partial charge in [0.1, 0.15) is 0 Å². The molecule has 7 heteroatoms. The minimum atomic E-state index is -0.371. The number of rotatable bonds is 5. The first-order valence-electron chi connectivity index (χ1n) is 4.85. The molecule has 0 aliphatic rings. The van der Waals surface area contributed by atoms with E-state index in [1.54, 1.807) is 12.3 Å². The van der Waals surface area contributed by atoms with Crippen molar-refractivity contribution < 1.29 is 9.53 Å². The van der Waals surface area contributed by atoms with Gasteiger partial charge < -0.3 is 20.4 Å². The van der Waals surface area contributed by atoms with Crippen LogP contribution in [0.15, 0.2) is 23.1 Å². The van der Waals surface area contributed by atoms with Crippen LogP contribution in [0.2, 0.25) is 0 Å². The van der Waals surface area contributed by atoms with E-state index >= 15 is 0 Å². The van der Waals surface area contributed by atoms with Gasteiger partial charge in [-0.3, -0.25) is 9.59 Å². The predicted octanol–water partition coefficient (Wildman–Crippen LogP) is -0.741. The minimum Gasteiger partial charge on any atom is -0.478 e.